The molecule has 31 heavy (non-hydrogen) atoms. The molecule has 2 aliphatic rings. The lowest BCUT2D eigenvalue weighted by molar-refractivity contribution is 0.674. The van der Waals surface area contributed by atoms with E-state index in [-0.39, 0.29) is 0 Å². The number of hydrogen-bond donors (Lipinski definition) is 0. The Bertz CT molecular complexity index is 1470. The van der Waals surface area contributed by atoms with Crippen molar-refractivity contribution in [3.63, 3.8) is 0 Å². The van der Waals surface area contributed by atoms with Crippen LogP contribution in [-0.2, 0) is 11.8 Å². The molecule has 0 amide bonds. The highest BCUT2D eigenvalue weighted by molar-refractivity contribution is 7.99. The second-order valence-electron chi connectivity index (χ2n) is 8.27. The van der Waals surface area contributed by atoms with Crippen molar-refractivity contribution in [2.45, 2.75) is 28.6 Å². The highest BCUT2D eigenvalue weighted by Crippen LogP contribution is 2.60. The Balaban J connectivity index is 1.76. The van der Waals surface area contributed by atoms with Gasteiger partial charge in [0.25, 0.3) is 0 Å². The number of rotatable bonds is 1. The van der Waals surface area contributed by atoms with Gasteiger partial charge in [-0.15, -0.1) is 0 Å². The second kappa shape index (κ2) is 6.12. The molecule has 0 bridgehead atoms. The highest BCUT2D eigenvalue weighted by atomic mass is 32.2. The van der Waals surface area contributed by atoms with Gasteiger partial charge in [-0.05, 0) is 53.4 Å². The largest absolute Gasteiger partial charge is 0.295 e. The van der Waals surface area contributed by atoms with Crippen LogP contribution >= 0.6 is 11.8 Å². The smallest absolute Gasteiger partial charge is 0.134 e. The van der Waals surface area contributed by atoms with E-state index in [1.807, 2.05) is 11.8 Å². The van der Waals surface area contributed by atoms with Gasteiger partial charge >= 0.3 is 0 Å². The first kappa shape index (κ1) is 17.4. The van der Waals surface area contributed by atoms with E-state index in [1.165, 1.54) is 43.2 Å². The molecule has 3 heterocycles. The number of fused-ring (bicyclic) bond motifs is 11. The Morgan fingerprint density at radius 3 is 2.19 bits per heavy atom. The first-order valence-electron chi connectivity index (χ1n) is 10.8. The number of imidazole rings is 1. The summed E-state index contributed by atoms with van der Waals surface area (Å²) in [6, 6.07) is 33.1. The van der Waals surface area contributed by atoms with Gasteiger partial charge in [0.1, 0.15) is 11.2 Å². The Kier molecular flexibility index (Phi) is 3.43. The van der Waals surface area contributed by atoms with Gasteiger partial charge in [0, 0.05) is 15.4 Å². The van der Waals surface area contributed by atoms with Gasteiger partial charge in [0.15, 0.2) is 0 Å². The van der Waals surface area contributed by atoms with Crippen molar-refractivity contribution in [2.75, 3.05) is 0 Å². The van der Waals surface area contributed by atoms with E-state index in [2.05, 4.69) is 102 Å². The maximum atomic E-state index is 5.31. The first-order chi connectivity index (χ1) is 15.3. The molecule has 0 unspecified atom stereocenters. The molecular formula is C28H20N2S. The van der Waals surface area contributed by atoms with E-state index in [0.29, 0.717) is 0 Å². The zero-order valence-corrected chi connectivity index (χ0v) is 18.0. The third-order valence-corrected chi connectivity index (χ3v) is 7.98. The Morgan fingerprint density at radius 1 is 0.774 bits per heavy atom. The summed E-state index contributed by atoms with van der Waals surface area (Å²) in [6.45, 7) is 2.26. The standard InChI is InChI=1S/C28H20N2S/c1-2-18-10-9-15-23-26(18)28(27-29-21-13-5-6-14-22(21)30(23)27)19-11-3-7-16-24(19)31-25-17-8-4-12-20(25)28/h3-17H,2H2,1H3. The number of benzene rings is 4. The van der Waals surface area contributed by atoms with Crippen LogP contribution in [0.25, 0.3) is 16.7 Å². The van der Waals surface area contributed by atoms with Gasteiger partial charge in [-0.1, -0.05) is 79.3 Å². The van der Waals surface area contributed by atoms with Crippen LogP contribution in [0.2, 0.25) is 0 Å². The Hall–Kier alpha value is -3.30. The van der Waals surface area contributed by atoms with Gasteiger partial charge in [-0.3, -0.25) is 4.57 Å². The van der Waals surface area contributed by atoms with Crippen molar-refractivity contribution in [3.8, 4) is 5.69 Å². The summed E-state index contributed by atoms with van der Waals surface area (Å²) in [5, 5.41) is 0. The van der Waals surface area contributed by atoms with Crippen LogP contribution < -0.4 is 0 Å². The van der Waals surface area contributed by atoms with E-state index in [9.17, 15) is 0 Å². The van der Waals surface area contributed by atoms with Gasteiger partial charge in [0.2, 0.25) is 0 Å². The SMILES string of the molecule is CCc1cccc2c1C1(c3ccccc3Sc3ccccc31)c1nc3ccccc3n1-2. The summed E-state index contributed by atoms with van der Waals surface area (Å²) in [4.78, 5) is 7.95. The maximum Gasteiger partial charge on any atom is 0.134 e. The second-order valence-corrected chi connectivity index (χ2v) is 9.35. The molecule has 0 saturated heterocycles. The lowest BCUT2D eigenvalue weighted by Crippen LogP contribution is -2.33. The van der Waals surface area contributed by atoms with E-state index < -0.39 is 5.41 Å². The van der Waals surface area contributed by atoms with Crippen molar-refractivity contribution < 1.29 is 0 Å². The molecule has 4 aromatic carbocycles. The molecule has 1 aromatic heterocycles. The zero-order valence-electron chi connectivity index (χ0n) is 17.2. The van der Waals surface area contributed by atoms with Crippen molar-refractivity contribution in [3.05, 3.63) is 119 Å². The summed E-state index contributed by atoms with van der Waals surface area (Å²) < 4.78 is 2.41. The third-order valence-electron chi connectivity index (χ3n) is 6.82. The topological polar surface area (TPSA) is 17.8 Å². The molecular weight excluding hydrogens is 396 g/mol. The minimum absolute atomic E-state index is 0.403. The molecule has 0 aliphatic carbocycles. The fourth-order valence-corrected chi connectivity index (χ4v) is 6.83. The number of para-hydroxylation sites is 2. The summed E-state index contributed by atoms with van der Waals surface area (Å²) >= 11 is 1.88. The molecule has 0 atom stereocenters. The molecule has 0 N–H and O–H groups in total. The van der Waals surface area contributed by atoms with Crippen molar-refractivity contribution in [1.82, 2.24) is 9.55 Å². The molecule has 0 saturated carbocycles. The summed E-state index contributed by atoms with van der Waals surface area (Å²) in [7, 11) is 0. The van der Waals surface area contributed by atoms with Crippen LogP contribution in [0.15, 0.2) is 101 Å². The van der Waals surface area contributed by atoms with Crippen LogP contribution in [0, 0.1) is 0 Å². The molecule has 5 aromatic rings. The monoisotopic (exact) mass is 416 g/mol. The minimum Gasteiger partial charge on any atom is -0.295 e. The van der Waals surface area contributed by atoms with Gasteiger partial charge in [-0.25, -0.2) is 4.98 Å². The average molecular weight is 417 g/mol. The average Bonchev–Trinajstić information content (AvgIpc) is 3.34. The van der Waals surface area contributed by atoms with Crippen molar-refractivity contribution in [2.24, 2.45) is 0 Å². The van der Waals surface area contributed by atoms with Gasteiger partial charge in [0.05, 0.1) is 16.7 Å². The van der Waals surface area contributed by atoms with E-state index in [0.717, 1.165) is 17.8 Å². The Morgan fingerprint density at radius 2 is 1.45 bits per heavy atom. The normalized spacial score (nSPS) is 14.9. The summed E-state index contributed by atoms with van der Waals surface area (Å²) in [5.74, 6) is 1.12. The molecule has 2 aliphatic heterocycles. The van der Waals surface area contributed by atoms with Crippen LogP contribution in [0.1, 0.15) is 35.0 Å². The predicted molar refractivity (Wildman–Crippen MR) is 126 cm³/mol. The molecule has 7 rings (SSSR count). The summed E-state index contributed by atoms with van der Waals surface area (Å²) in [5.41, 5.74) is 8.56. The molecule has 0 fully saturated rings. The van der Waals surface area contributed by atoms with Crippen molar-refractivity contribution >= 4 is 22.8 Å². The fraction of sp³-hybridized carbons (Fsp3) is 0.107. The third kappa shape index (κ3) is 2.02. The lowest BCUT2D eigenvalue weighted by atomic mass is 9.68. The van der Waals surface area contributed by atoms with Crippen LogP contribution in [0.4, 0.5) is 0 Å². The van der Waals surface area contributed by atoms with Crippen molar-refractivity contribution in [1.29, 1.82) is 0 Å². The molecule has 0 radical (unpaired) electrons. The van der Waals surface area contributed by atoms with E-state index in [1.54, 1.807) is 0 Å². The van der Waals surface area contributed by atoms with Crippen LogP contribution in [0.3, 0.4) is 0 Å². The van der Waals surface area contributed by atoms with E-state index in [4.69, 9.17) is 4.98 Å². The molecule has 2 nitrogen and oxygen atoms in total. The predicted octanol–water partition coefficient (Wildman–Crippen LogP) is 6.75. The highest BCUT2D eigenvalue weighted by Gasteiger charge is 2.53. The maximum absolute atomic E-state index is 5.31. The molecule has 1 spiro atoms. The minimum atomic E-state index is -0.403. The number of hydrogen-bond acceptors (Lipinski definition) is 2. The molecule has 148 valence electrons. The zero-order chi connectivity index (χ0) is 20.6. The first-order valence-corrected chi connectivity index (χ1v) is 11.6. The lowest BCUT2D eigenvalue weighted by Gasteiger charge is -2.38. The van der Waals surface area contributed by atoms with E-state index >= 15 is 0 Å². The van der Waals surface area contributed by atoms with Gasteiger partial charge < -0.3 is 0 Å². The molecule has 3 heteroatoms. The van der Waals surface area contributed by atoms with Crippen LogP contribution in [-0.4, -0.2) is 9.55 Å². The summed E-state index contributed by atoms with van der Waals surface area (Å²) in [6.07, 6.45) is 0.991. The Labute approximate surface area is 185 Å². The number of nitrogens with zero attached hydrogens (tertiary/aromatic N) is 2. The van der Waals surface area contributed by atoms with Crippen LogP contribution in [0.5, 0.6) is 0 Å². The number of aromatic nitrogens is 2. The number of aryl methyl sites for hydroxylation is 1. The quantitative estimate of drug-likeness (QED) is 0.295. The van der Waals surface area contributed by atoms with Gasteiger partial charge in [-0.2, -0.15) is 0 Å². The fourth-order valence-electron chi connectivity index (χ4n) is 5.64.